The second-order valence-electron chi connectivity index (χ2n) is 2.75. The molecule has 0 bridgehead atoms. The zero-order chi connectivity index (χ0) is 7.11. The van der Waals surface area contributed by atoms with Gasteiger partial charge in [0.25, 0.3) is 0 Å². The Hall–Kier alpha value is -0.195. The first kappa shape index (κ1) is 8.80. The average Bonchev–Trinajstić information content (AvgIpc) is 1.80. The molecule has 0 atom stereocenters. The molecule has 50 valence electrons. The fourth-order valence-corrected chi connectivity index (χ4v) is 0.740. The van der Waals surface area contributed by atoms with Gasteiger partial charge in [-0.3, -0.25) is 0 Å². The molecule has 0 unspecified atom stereocenters. The van der Waals surface area contributed by atoms with Crippen LogP contribution in [0.25, 0.3) is 0 Å². The minimum Gasteiger partial charge on any atom is -0.135 e. The van der Waals surface area contributed by atoms with Crippen molar-refractivity contribution < 1.29 is 0 Å². The summed E-state index contributed by atoms with van der Waals surface area (Å²) in [4.78, 5) is 0. The third-order valence-corrected chi connectivity index (χ3v) is 1.29. The average molecular weight is 122 g/mol. The lowest BCUT2D eigenvalue weighted by atomic mass is 10.0. The minimum atomic E-state index is 0.830. The van der Waals surface area contributed by atoms with Crippen molar-refractivity contribution in [1.82, 2.24) is 0 Å². The molecule has 0 aliphatic carbocycles. The van der Waals surface area contributed by atoms with Gasteiger partial charge in [-0.05, 0) is 18.8 Å². The van der Waals surface area contributed by atoms with Crippen LogP contribution in [0.1, 0.15) is 33.1 Å². The minimum absolute atomic E-state index is 0.830. The molecule has 0 aliphatic rings. The first-order chi connectivity index (χ1) is 4.27. The molecule has 0 saturated heterocycles. The van der Waals surface area contributed by atoms with Gasteiger partial charge < -0.3 is 0 Å². The monoisotopic (exact) mass is 122 g/mol. The van der Waals surface area contributed by atoms with Crippen LogP contribution in [-0.2, 0) is 0 Å². The Morgan fingerprint density at radius 2 is 2.11 bits per heavy atom. The number of allylic oxidation sites excluding steroid dienone is 1. The molecule has 0 fully saturated rings. The molecule has 0 aromatic rings. The molecule has 0 amide bonds. The van der Waals surface area contributed by atoms with Crippen LogP contribution >= 0.6 is 0 Å². The summed E-state index contributed by atoms with van der Waals surface area (Å²) in [5.74, 6) is 2.46. The highest BCUT2D eigenvalue weighted by atomic mass is 14.0. The maximum absolute atomic E-state index is 5.16. The van der Waals surface area contributed by atoms with Gasteiger partial charge in [0.15, 0.2) is 0 Å². The SMILES string of the molecule is [B]C=CCCCC(C)C. The van der Waals surface area contributed by atoms with Crippen molar-refractivity contribution >= 4 is 7.85 Å². The summed E-state index contributed by atoms with van der Waals surface area (Å²) in [6.45, 7) is 4.48. The second-order valence-corrected chi connectivity index (χ2v) is 2.75. The van der Waals surface area contributed by atoms with E-state index in [0.29, 0.717) is 0 Å². The summed E-state index contributed by atoms with van der Waals surface area (Å²) in [6, 6.07) is 0. The molecule has 1 heteroatoms. The number of hydrogen-bond donors (Lipinski definition) is 0. The molecule has 0 heterocycles. The highest BCUT2D eigenvalue weighted by Gasteiger charge is 1.89. The number of unbranched alkanes of at least 4 members (excludes halogenated alkanes) is 1. The van der Waals surface area contributed by atoms with Gasteiger partial charge in [-0.2, -0.15) is 0 Å². The van der Waals surface area contributed by atoms with Crippen molar-refractivity contribution in [3.8, 4) is 0 Å². The van der Waals surface area contributed by atoms with E-state index >= 15 is 0 Å². The Morgan fingerprint density at radius 1 is 1.44 bits per heavy atom. The molecule has 0 rings (SSSR count). The van der Waals surface area contributed by atoms with Crippen molar-refractivity contribution in [3.05, 3.63) is 12.1 Å². The molecule has 0 N–H and O–H groups in total. The van der Waals surface area contributed by atoms with E-state index in [-0.39, 0.29) is 0 Å². The van der Waals surface area contributed by atoms with Crippen LogP contribution in [0.4, 0.5) is 0 Å². The van der Waals surface area contributed by atoms with Crippen molar-refractivity contribution in [3.63, 3.8) is 0 Å². The van der Waals surface area contributed by atoms with Gasteiger partial charge >= 0.3 is 0 Å². The third-order valence-electron chi connectivity index (χ3n) is 1.29. The summed E-state index contributed by atoms with van der Waals surface area (Å²) >= 11 is 0. The first-order valence-electron chi connectivity index (χ1n) is 3.64. The number of hydrogen-bond acceptors (Lipinski definition) is 0. The second kappa shape index (κ2) is 5.93. The highest BCUT2D eigenvalue weighted by Crippen LogP contribution is 2.05. The Kier molecular flexibility index (Phi) is 5.80. The van der Waals surface area contributed by atoms with E-state index < -0.39 is 0 Å². The summed E-state index contributed by atoms with van der Waals surface area (Å²) < 4.78 is 0. The molecule has 0 saturated carbocycles. The summed E-state index contributed by atoms with van der Waals surface area (Å²) in [7, 11) is 5.16. The van der Waals surface area contributed by atoms with E-state index in [1.165, 1.54) is 12.8 Å². The lowest BCUT2D eigenvalue weighted by molar-refractivity contribution is 0.560. The van der Waals surface area contributed by atoms with E-state index in [1.54, 1.807) is 5.98 Å². The highest BCUT2D eigenvalue weighted by molar-refractivity contribution is 6.16. The van der Waals surface area contributed by atoms with Crippen LogP contribution in [0.5, 0.6) is 0 Å². The molecule has 9 heavy (non-hydrogen) atoms. The van der Waals surface area contributed by atoms with Crippen LogP contribution in [0.15, 0.2) is 12.1 Å². The Morgan fingerprint density at radius 3 is 2.56 bits per heavy atom. The van der Waals surface area contributed by atoms with Gasteiger partial charge in [-0.25, -0.2) is 0 Å². The van der Waals surface area contributed by atoms with Crippen molar-refractivity contribution in [2.24, 2.45) is 5.92 Å². The van der Waals surface area contributed by atoms with E-state index in [9.17, 15) is 0 Å². The molecular weight excluding hydrogens is 107 g/mol. The fraction of sp³-hybridized carbons (Fsp3) is 0.750. The predicted octanol–water partition coefficient (Wildman–Crippen LogP) is 2.49. The quantitative estimate of drug-likeness (QED) is 0.397. The van der Waals surface area contributed by atoms with Gasteiger partial charge in [0.1, 0.15) is 7.85 Å². The van der Waals surface area contributed by atoms with E-state index in [2.05, 4.69) is 13.8 Å². The van der Waals surface area contributed by atoms with E-state index in [0.717, 1.165) is 12.3 Å². The van der Waals surface area contributed by atoms with Gasteiger partial charge in [0.2, 0.25) is 0 Å². The molecule has 0 aromatic carbocycles. The van der Waals surface area contributed by atoms with Gasteiger partial charge in [0.05, 0.1) is 0 Å². The lowest BCUT2D eigenvalue weighted by Gasteiger charge is -1.99. The summed E-state index contributed by atoms with van der Waals surface area (Å²) in [5.41, 5.74) is 0. The Bertz CT molecular complexity index is 74.6. The predicted molar refractivity (Wildman–Crippen MR) is 43.6 cm³/mol. The maximum Gasteiger partial charge on any atom is 0.102 e. The van der Waals surface area contributed by atoms with Crippen molar-refractivity contribution in [2.75, 3.05) is 0 Å². The van der Waals surface area contributed by atoms with Crippen molar-refractivity contribution in [1.29, 1.82) is 0 Å². The fourth-order valence-electron chi connectivity index (χ4n) is 0.740. The zero-order valence-corrected chi connectivity index (χ0v) is 6.43. The van der Waals surface area contributed by atoms with Gasteiger partial charge in [-0.1, -0.05) is 26.3 Å². The summed E-state index contributed by atoms with van der Waals surface area (Å²) in [5, 5.41) is 0. The largest absolute Gasteiger partial charge is 0.135 e. The van der Waals surface area contributed by atoms with Gasteiger partial charge in [-0.15, -0.1) is 5.98 Å². The first-order valence-corrected chi connectivity index (χ1v) is 3.64. The normalized spacial score (nSPS) is 11.4. The summed E-state index contributed by atoms with van der Waals surface area (Å²) in [6.07, 6.45) is 5.73. The Labute approximate surface area is 59.8 Å². The zero-order valence-electron chi connectivity index (χ0n) is 6.43. The van der Waals surface area contributed by atoms with Crippen LogP contribution in [-0.4, -0.2) is 7.85 Å². The van der Waals surface area contributed by atoms with Crippen molar-refractivity contribution in [2.45, 2.75) is 33.1 Å². The van der Waals surface area contributed by atoms with Crippen LogP contribution in [0.3, 0.4) is 0 Å². The Balaban J connectivity index is 2.91. The molecule has 0 spiro atoms. The standard InChI is InChI=1S/C8H15B/c1-8(2)6-4-3-5-7-9/h5,7-8H,3-4,6H2,1-2H3. The van der Waals surface area contributed by atoms with E-state index in [1.807, 2.05) is 6.08 Å². The van der Waals surface area contributed by atoms with Crippen LogP contribution < -0.4 is 0 Å². The van der Waals surface area contributed by atoms with Crippen LogP contribution in [0.2, 0.25) is 0 Å². The van der Waals surface area contributed by atoms with Gasteiger partial charge in [0, 0.05) is 0 Å². The maximum atomic E-state index is 5.16. The lowest BCUT2D eigenvalue weighted by Crippen LogP contribution is -1.84. The number of rotatable bonds is 4. The van der Waals surface area contributed by atoms with E-state index in [4.69, 9.17) is 7.85 Å². The molecule has 0 aromatic heterocycles. The molecule has 2 radical (unpaired) electrons. The topological polar surface area (TPSA) is 0 Å². The molecule has 0 nitrogen and oxygen atoms in total. The van der Waals surface area contributed by atoms with Crippen LogP contribution in [0, 0.1) is 5.92 Å². The molecular formula is C8H15B. The molecule has 0 aliphatic heterocycles. The smallest absolute Gasteiger partial charge is 0.102 e. The third kappa shape index (κ3) is 7.80.